The second-order valence-corrected chi connectivity index (χ2v) is 6.48. The van der Waals surface area contributed by atoms with Crippen LogP contribution < -0.4 is 4.90 Å². The van der Waals surface area contributed by atoms with E-state index in [0.29, 0.717) is 6.04 Å². The summed E-state index contributed by atoms with van der Waals surface area (Å²) in [5.74, 6) is 0.845. The SMILES string of the molecule is CC(O)c1cc(Br)ccc1N(CC1CC1)C(C)C. The van der Waals surface area contributed by atoms with Crippen LogP contribution in [0.3, 0.4) is 0 Å². The molecule has 18 heavy (non-hydrogen) atoms. The van der Waals surface area contributed by atoms with Crippen LogP contribution in [-0.2, 0) is 0 Å². The van der Waals surface area contributed by atoms with Crippen LogP contribution >= 0.6 is 15.9 Å². The first kappa shape index (κ1) is 13.9. The van der Waals surface area contributed by atoms with Crippen LogP contribution in [0.5, 0.6) is 0 Å². The van der Waals surface area contributed by atoms with Gasteiger partial charge in [-0.05, 0) is 57.7 Å². The Morgan fingerprint density at radius 1 is 1.33 bits per heavy atom. The van der Waals surface area contributed by atoms with Gasteiger partial charge in [0.1, 0.15) is 0 Å². The monoisotopic (exact) mass is 311 g/mol. The quantitative estimate of drug-likeness (QED) is 0.884. The molecule has 0 bridgehead atoms. The lowest BCUT2D eigenvalue weighted by atomic mass is 10.1. The van der Waals surface area contributed by atoms with Gasteiger partial charge in [-0.15, -0.1) is 0 Å². The number of anilines is 1. The molecule has 2 rings (SSSR count). The average Bonchev–Trinajstić information content (AvgIpc) is 3.09. The normalized spacial score (nSPS) is 17.0. The van der Waals surface area contributed by atoms with Gasteiger partial charge < -0.3 is 10.0 Å². The van der Waals surface area contributed by atoms with Gasteiger partial charge in [0.15, 0.2) is 0 Å². The van der Waals surface area contributed by atoms with E-state index in [9.17, 15) is 5.11 Å². The lowest BCUT2D eigenvalue weighted by Gasteiger charge is -2.32. The fraction of sp³-hybridized carbons (Fsp3) is 0.600. The molecule has 100 valence electrons. The first-order valence-electron chi connectivity index (χ1n) is 6.73. The van der Waals surface area contributed by atoms with Crippen molar-refractivity contribution >= 4 is 21.6 Å². The van der Waals surface area contributed by atoms with E-state index in [0.717, 1.165) is 22.5 Å². The maximum absolute atomic E-state index is 9.96. The topological polar surface area (TPSA) is 23.5 Å². The Labute approximate surface area is 118 Å². The van der Waals surface area contributed by atoms with Crippen LogP contribution in [0.1, 0.15) is 45.3 Å². The minimum Gasteiger partial charge on any atom is -0.389 e. The average molecular weight is 312 g/mol. The van der Waals surface area contributed by atoms with Crippen LogP contribution in [0.2, 0.25) is 0 Å². The third-order valence-electron chi connectivity index (χ3n) is 3.52. The van der Waals surface area contributed by atoms with Crippen molar-refractivity contribution in [3.63, 3.8) is 0 Å². The molecule has 1 atom stereocenters. The van der Waals surface area contributed by atoms with Gasteiger partial charge in [0.25, 0.3) is 0 Å². The summed E-state index contributed by atoms with van der Waals surface area (Å²) in [6.45, 7) is 7.38. The number of rotatable bonds is 5. The predicted octanol–water partition coefficient (Wildman–Crippen LogP) is 4.13. The maximum Gasteiger partial charge on any atom is 0.0782 e. The first-order valence-corrected chi connectivity index (χ1v) is 7.52. The Morgan fingerprint density at radius 3 is 2.50 bits per heavy atom. The third-order valence-corrected chi connectivity index (χ3v) is 4.02. The molecular weight excluding hydrogens is 290 g/mol. The molecule has 0 heterocycles. The molecule has 1 aliphatic rings. The van der Waals surface area contributed by atoms with Gasteiger partial charge in [-0.3, -0.25) is 0 Å². The minimum atomic E-state index is -0.432. The fourth-order valence-corrected chi connectivity index (χ4v) is 2.67. The Kier molecular flexibility index (Phi) is 4.33. The van der Waals surface area contributed by atoms with E-state index in [-0.39, 0.29) is 0 Å². The highest BCUT2D eigenvalue weighted by molar-refractivity contribution is 9.10. The molecule has 1 aromatic rings. The Bertz CT molecular complexity index is 413. The van der Waals surface area contributed by atoms with Crippen LogP contribution in [0.4, 0.5) is 5.69 Å². The molecule has 0 aromatic heterocycles. The van der Waals surface area contributed by atoms with Crippen molar-refractivity contribution in [3.8, 4) is 0 Å². The predicted molar refractivity (Wildman–Crippen MR) is 80.0 cm³/mol. The highest BCUT2D eigenvalue weighted by Gasteiger charge is 2.27. The Morgan fingerprint density at radius 2 is 2.00 bits per heavy atom. The highest BCUT2D eigenvalue weighted by atomic mass is 79.9. The molecule has 0 amide bonds. The third kappa shape index (κ3) is 3.27. The van der Waals surface area contributed by atoms with E-state index in [4.69, 9.17) is 0 Å². The number of nitrogens with zero attached hydrogens (tertiary/aromatic N) is 1. The summed E-state index contributed by atoms with van der Waals surface area (Å²) in [6.07, 6.45) is 2.27. The summed E-state index contributed by atoms with van der Waals surface area (Å²) >= 11 is 3.48. The van der Waals surface area contributed by atoms with Crippen molar-refractivity contribution in [2.75, 3.05) is 11.4 Å². The van der Waals surface area contributed by atoms with Crippen LogP contribution in [0, 0.1) is 5.92 Å². The summed E-state index contributed by atoms with van der Waals surface area (Å²) in [6, 6.07) is 6.67. The van der Waals surface area contributed by atoms with E-state index in [1.807, 2.05) is 13.0 Å². The number of aliphatic hydroxyl groups is 1. The summed E-state index contributed by atoms with van der Waals surface area (Å²) < 4.78 is 1.03. The molecule has 3 heteroatoms. The van der Waals surface area contributed by atoms with Gasteiger partial charge >= 0.3 is 0 Å². The lowest BCUT2D eigenvalue weighted by molar-refractivity contribution is 0.199. The molecule has 1 N–H and O–H groups in total. The number of hydrogen-bond donors (Lipinski definition) is 1. The van der Waals surface area contributed by atoms with Crippen molar-refractivity contribution in [1.82, 2.24) is 0 Å². The zero-order valence-corrected chi connectivity index (χ0v) is 12.9. The molecule has 1 aliphatic carbocycles. The van der Waals surface area contributed by atoms with Crippen molar-refractivity contribution in [3.05, 3.63) is 28.2 Å². The van der Waals surface area contributed by atoms with Gasteiger partial charge in [-0.25, -0.2) is 0 Å². The summed E-state index contributed by atoms with van der Waals surface area (Å²) in [7, 11) is 0. The van der Waals surface area contributed by atoms with Gasteiger partial charge in [-0.1, -0.05) is 15.9 Å². The molecule has 0 saturated heterocycles. The van der Waals surface area contributed by atoms with Crippen LogP contribution in [-0.4, -0.2) is 17.7 Å². The molecule has 0 aliphatic heterocycles. The summed E-state index contributed by atoms with van der Waals surface area (Å²) in [4.78, 5) is 2.42. The van der Waals surface area contributed by atoms with Gasteiger partial charge in [0.05, 0.1) is 6.10 Å². The molecular formula is C15H22BrNO. The van der Waals surface area contributed by atoms with Crippen LogP contribution in [0.25, 0.3) is 0 Å². The molecule has 1 saturated carbocycles. The van der Waals surface area contributed by atoms with Crippen molar-refractivity contribution in [1.29, 1.82) is 0 Å². The van der Waals surface area contributed by atoms with Gasteiger partial charge in [0.2, 0.25) is 0 Å². The number of halogens is 1. The second-order valence-electron chi connectivity index (χ2n) is 5.57. The fourth-order valence-electron chi connectivity index (χ4n) is 2.29. The minimum absolute atomic E-state index is 0.432. The van der Waals surface area contributed by atoms with Crippen molar-refractivity contribution < 1.29 is 5.11 Å². The molecule has 2 nitrogen and oxygen atoms in total. The largest absolute Gasteiger partial charge is 0.389 e. The Balaban J connectivity index is 2.32. The summed E-state index contributed by atoms with van der Waals surface area (Å²) in [5, 5.41) is 9.96. The van der Waals surface area contributed by atoms with Crippen molar-refractivity contribution in [2.24, 2.45) is 5.92 Å². The van der Waals surface area contributed by atoms with E-state index < -0.39 is 6.10 Å². The lowest BCUT2D eigenvalue weighted by Crippen LogP contribution is -2.33. The zero-order valence-electron chi connectivity index (χ0n) is 11.4. The van der Waals surface area contributed by atoms with Gasteiger partial charge in [-0.2, -0.15) is 0 Å². The maximum atomic E-state index is 9.96. The zero-order chi connectivity index (χ0) is 13.3. The highest BCUT2D eigenvalue weighted by Crippen LogP contribution is 2.35. The molecule has 0 radical (unpaired) electrons. The molecule has 1 unspecified atom stereocenters. The number of hydrogen-bond acceptors (Lipinski definition) is 2. The van der Waals surface area contributed by atoms with E-state index in [1.165, 1.54) is 18.5 Å². The molecule has 1 fully saturated rings. The number of aliphatic hydroxyl groups excluding tert-OH is 1. The van der Waals surface area contributed by atoms with E-state index >= 15 is 0 Å². The van der Waals surface area contributed by atoms with E-state index in [1.54, 1.807) is 0 Å². The van der Waals surface area contributed by atoms with E-state index in [2.05, 4.69) is 46.8 Å². The summed E-state index contributed by atoms with van der Waals surface area (Å²) in [5.41, 5.74) is 2.19. The molecule has 0 spiro atoms. The van der Waals surface area contributed by atoms with Crippen LogP contribution in [0.15, 0.2) is 22.7 Å². The van der Waals surface area contributed by atoms with Gasteiger partial charge in [0, 0.05) is 28.3 Å². The number of benzene rings is 1. The Hall–Kier alpha value is -0.540. The first-order chi connectivity index (χ1) is 8.49. The standard InChI is InChI=1S/C15H22BrNO/c1-10(2)17(9-12-4-5-12)15-7-6-13(16)8-14(15)11(3)18/h6-8,10-12,18H,4-5,9H2,1-3H3. The smallest absolute Gasteiger partial charge is 0.0782 e. The van der Waals surface area contributed by atoms with Crippen molar-refractivity contribution in [2.45, 2.75) is 45.8 Å². The molecule has 1 aromatic carbocycles. The second kappa shape index (κ2) is 5.62.